The summed E-state index contributed by atoms with van der Waals surface area (Å²) in [6.07, 6.45) is 13.1. The number of fused-ring (bicyclic) bond motifs is 5. The van der Waals surface area contributed by atoms with Crippen LogP contribution in [0.15, 0.2) is 151 Å². The molecule has 6 heteroatoms. The van der Waals surface area contributed by atoms with E-state index >= 15 is 0 Å². The molecule has 3 aliphatic rings. The van der Waals surface area contributed by atoms with Crippen molar-refractivity contribution in [2.75, 3.05) is 10.6 Å². The zero-order valence-corrected chi connectivity index (χ0v) is 29.8. The number of allylic oxidation sites excluding steroid dienone is 1. The molecule has 6 aromatic rings. The Labute approximate surface area is 314 Å². The van der Waals surface area contributed by atoms with Gasteiger partial charge in [0, 0.05) is 35.8 Å². The molecule has 9 rings (SSSR count). The monoisotopic (exact) mass is 704 g/mol. The zero-order chi connectivity index (χ0) is 36.9. The molecule has 1 aliphatic heterocycles. The first-order valence-corrected chi connectivity index (χ1v) is 18.4. The van der Waals surface area contributed by atoms with E-state index in [2.05, 4.69) is 58.1 Å². The molecule has 6 aromatic carbocycles. The van der Waals surface area contributed by atoms with Crippen LogP contribution >= 0.6 is 0 Å². The second-order valence-electron chi connectivity index (χ2n) is 13.6. The van der Waals surface area contributed by atoms with Gasteiger partial charge in [0.15, 0.2) is 5.78 Å². The molecule has 0 saturated carbocycles. The van der Waals surface area contributed by atoms with Crippen molar-refractivity contribution in [1.29, 1.82) is 0 Å². The van der Waals surface area contributed by atoms with E-state index in [1.807, 2.05) is 115 Å². The number of nitrogens with two attached hydrogens (primary N) is 1. The van der Waals surface area contributed by atoms with E-state index in [1.165, 1.54) is 16.0 Å². The quantitative estimate of drug-likeness (QED) is 0.152. The highest BCUT2D eigenvalue weighted by atomic mass is 16.1. The fourth-order valence-electron chi connectivity index (χ4n) is 7.50. The molecule has 2 aliphatic carbocycles. The number of anilines is 2. The number of nitrogens with one attached hydrogen (secondary N) is 2. The van der Waals surface area contributed by atoms with Crippen LogP contribution in [-0.4, -0.2) is 17.9 Å². The highest BCUT2D eigenvalue weighted by Gasteiger charge is 2.27. The molecular formula is C48H40N4O2. The van der Waals surface area contributed by atoms with E-state index in [9.17, 15) is 9.59 Å². The van der Waals surface area contributed by atoms with Gasteiger partial charge in [-0.15, -0.1) is 0 Å². The maximum absolute atomic E-state index is 14.1. The number of aliphatic imine (C=N–C) groups is 1. The van der Waals surface area contributed by atoms with Crippen molar-refractivity contribution in [3.63, 3.8) is 0 Å². The van der Waals surface area contributed by atoms with Crippen molar-refractivity contribution in [3.8, 4) is 11.1 Å². The predicted molar refractivity (Wildman–Crippen MR) is 220 cm³/mol. The second kappa shape index (κ2) is 15.5. The smallest absolute Gasteiger partial charge is 0.256 e. The van der Waals surface area contributed by atoms with E-state index in [-0.39, 0.29) is 17.6 Å². The van der Waals surface area contributed by atoms with Crippen LogP contribution in [0.2, 0.25) is 0 Å². The number of hydrogen-bond acceptors (Lipinski definition) is 5. The first-order valence-electron chi connectivity index (χ1n) is 18.4. The summed E-state index contributed by atoms with van der Waals surface area (Å²) in [6.45, 7) is 0.473. The van der Waals surface area contributed by atoms with Gasteiger partial charge in [0.2, 0.25) is 0 Å². The van der Waals surface area contributed by atoms with Gasteiger partial charge in [0.05, 0.1) is 17.3 Å². The Morgan fingerprint density at radius 1 is 0.778 bits per heavy atom. The lowest BCUT2D eigenvalue weighted by molar-refractivity contribution is 0.0979. The molecule has 6 nitrogen and oxygen atoms in total. The summed E-state index contributed by atoms with van der Waals surface area (Å²) in [6, 6.07) is 43.4. The molecule has 0 fully saturated rings. The SMILES string of the molecule is C1=CNc2ccccc2N=C1.NCc1ccc(-c2ccccc2C(=O)Nc2ccc(C(=O)C3C=c4ccccc4=c4ccc5c(c43)CCCC=5)cc2)cc1. The summed E-state index contributed by atoms with van der Waals surface area (Å²) in [4.78, 5) is 31.7. The maximum atomic E-state index is 14.1. The number of rotatable bonds is 6. The molecule has 0 spiro atoms. The number of benzene rings is 6. The van der Waals surface area contributed by atoms with Crippen LogP contribution in [0.3, 0.4) is 0 Å². The lowest BCUT2D eigenvalue weighted by Gasteiger charge is -2.23. The van der Waals surface area contributed by atoms with Crippen molar-refractivity contribution in [2.24, 2.45) is 10.7 Å². The van der Waals surface area contributed by atoms with Gasteiger partial charge >= 0.3 is 0 Å². The third-order valence-corrected chi connectivity index (χ3v) is 10.2. The fourth-order valence-corrected chi connectivity index (χ4v) is 7.50. The van der Waals surface area contributed by atoms with Gasteiger partial charge in [-0.1, -0.05) is 103 Å². The number of nitrogens with zero attached hydrogens (tertiary/aromatic N) is 1. The Morgan fingerprint density at radius 3 is 2.41 bits per heavy atom. The van der Waals surface area contributed by atoms with Gasteiger partial charge in [0.25, 0.3) is 5.91 Å². The third kappa shape index (κ3) is 7.07. The molecule has 0 saturated heterocycles. The Bertz CT molecular complexity index is 2660. The van der Waals surface area contributed by atoms with Gasteiger partial charge in [0.1, 0.15) is 0 Å². The predicted octanol–water partition coefficient (Wildman–Crippen LogP) is 8.56. The number of ketones is 1. The summed E-state index contributed by atoms with van der Waals surface area (Å²) in [5.41, 5.74) is 14.9. The average Bonchev–Trinajstić information content (AvgIpc) is 3.49. The Kier molecular flexibility index (Phi) is 9.92. The molecule has 1 unspecified atom stereocenters. The van der Waals surface area contributed by atoms with E-state index < -0.39 is 0 Å². The first-order chi connectivity index (χ1) is 26.6. The second-order valence-corrected chi connectivity index (χ2v) is 13.6. The lowest BCUT2D eigenvalue weighted by Crippen LogP contribution is -2.25. The highest BCUT2D eigenvalue weighted by molar-refractivity contribution is 6.09. The molecule has 1 amide bonds. The minimum atomic E-state index is -0.357. The Balaban J connectivity index is 0.000000321. The summed E-state index contributed by atoms with van der Waals surface area (Å²) in [7, 11) is 0. The van der Waals surface area contributed by atoms with Crippen LogP contribution in [0, 0.1) is 10.4 Å². The number of amides is 1. The highest BCUT2D eigenvalue weighted by Crippen LogP contribution is 2.31. The maximum Gasteiger partial charge on any atom is 0.256 e. The summed E-state index contributed by atoms with van der Waals surface area (Å²) in [5, 5.41) is 10.8. The summed E-state index contributed by atoms with van der Waals surface area (Å²) in [5.74, 6) is -0.491. The summed E-state index contributed by atoms with van der Waals surface area (Å²) < 4.78 is 0. The van der Waals surface area contributed by atoms with Crippen LogP contribution in [0.4, 0.5) is 17.1 Å². The van der Waals surface area contributed by atoms with Gasteiger partial charge < -0.3 is 16.4 Å². The van der Waals surface area contributed by atoms with E-state index in [4.69, 9.17) is 5.73 Å². The third-order valence-electron chi connectivity index (χ3n) is 10.2. The minimum absolute atomic E-state index is 0.0684. The largest absolute Gasteiger partial charge is 0.360 e. The van der Waals surface area contributed by atoms with Gasteiger partial charge in [-0.05, 0) is 116 Å². The molecule has 54 heavy (non-hydrogen) atoms. The van der Waals surface area contributed by atoms with E-state index in [1.54, 1.807) is 6.21 Å². The molecule has 4 N–H and O–H groups in total. The number of para-hydroxylation sites is 2. The van der Waals surface area contributed by atoms with Crippen molar-refractivity contribution >= 4 is 47.1 Å². The normalized spacial score (nSPS) is 14.5. The average molecular weight is 705 g/mol. The van der Waals surface area contributed by atoms with Crippen LogP contribution in [0.5, 0.6) is 0 Å². The zero-order valence-electron chi connectivity index (χ0n) is 29.8. The standard InChI is InChI=1S/C39H32N2O2.C9H8N2/c40-24-25-13-15-27(16-14-25)31-9-5-6-12-35(31)39(43)41-30-20-17-28(18-21-30)38(42)36-23-29-8-2-3-10-32(29)34-22-19-26-7-1-4-11-33(26)37(34)36;1-2-5-9-8(4-1)10-6-3-7-11-9/h2-3,5-10,12-23,36H,1,4,11,24,40H2,(H,41,43);1-7,10H. The van der Waals surface area contributed by atoms with E-state index in [0.717, 1.165) is 63.3 Å². The molecule has 1 atom stereocenters. The van der Waals surface area contributed by atoms with Crippen LogP contribution in [0.1, 0.15) is 56.2 Å². The van der Waals surface area contributed by atoms with Crippen LogP contribution < -0.4 is 26.8 Å². The summed E-state index contributed by atoms with van der Waals surface area (Å²) >= 11 is 0. The molecule has 0 radical (unpaired) electrons. The first kappa shape index (κ1) is 34.5. The fraction of sp³-hybridized carbons (Fsp3) is 0.104. The Hall–Kier alpha value is -6.63. The number of Topliss-reactive ketones (excluding diaryl/α,β-unsaturated/α-hetero) is 1. The van der Waals surface area contributed by atoms with Gasteiger partial charge in [-0.2, -0.15) is 0 Å². The molecule has 264 valence electrons. The Morgan fingerprint density at radius 2 is 1.56 bits per heavy atom. The van der Waals surface area contributed by atoms with E-state index in [0.29, 0.717) is 23.4 Å². The van der Waals surface area contributed by atoms with Crippen LogP contribution in [-0.2, 0) is 13.0 Å². The number of hydrogen-bond donors (Lipinski definition) is 3. The van der Waals surface area contributed by atoms with Crippen molar-refractivity contribution in [3.05, 3.63) is 194 Å². The lowest BCUT2D eigenvalue weighted by atomic mass is 9.80. The number of carbonyl (C=O) groups is 2. The van der Waals surface area contributed by atoms with Crippen molar-refractivity contribution < 1.29 is 9.59 Å². The molecular weight excluding hydrogens is 665 g/mol. The minimum Gasteiger partial charge on any atom is -0.360 e. The molecule has 0 bridgehead atoms. The molecule has 1 heterocycles. The van der Waals surface area contributed by atoms with Crippen LogP contribution in [0.25, 0.3) is 23.3 Å². The molecule has 0 aromatic heterocycles. The van der Waals surface area contributed by atoms with Crippen molar-refractivity contribution in [2.45, 2.75) is 31.7 Å². The van der Waals surface area contributed by atoms with Gasteiger partial charge in [-0.25, -0.2) is 0 Å². The van der Waals surface area contributed by atoms with Gasteiger partial charge in [-0.3, -0.25) is 14.6 Å². The number of carbonyl (C=O) groups excluding carboxylic acids is 2. The van der Waals surface area contributed by atoms with Crippen molar-refractivity contribution in [1.82, 2.24) is 0 Å². The topological polar surface area (TPSA) is 96.6 Å².